The molecule has 1 aliphatic rings. The zero-order chi connectivity index (χ0) is 13.6. The molecule has 0 bridgehead atoms. The summed E-state index contributed by atoms with van der Waals surface area (Å²) in [5.41, 5.74) is 2.22. The first kappa shape index (κ1) is 12.6. The zero-order valence-electron chi connectivity index (χ0n) is 11.6. The van der Waals surface area contributed by atoms with Crippen LogP contribution in [-0.4, -0.2) is 28.9 Å². The van der Waals surface area contributed by atoms with E-state index in [9.17, 15) is 4.79 Å². The van der Waals surface area contributed by atoms with Crippen LogP contribution in [0.1, 0.15) is 34.3 Å². The van der Waals surface area contributed by atoms with Gasteiger partial charge in [0.15, 0.2) is 0 Å². The summed E-state index contributed by atoms with van der Waals surface area (Å²) in [5.74, 6) is 0.796. The van der Waals surface area contributed by atoms with E-state index >= 15 is 0 Å². The van der Waals surface area contributed by atoms with Crippen LogP contribution in [-0.2, 0) is 0 Å². The van der Waals surface area contributed by atoms with Crippen LogP contribution in [0.3, 0.4) is 0 Å². The van der Waals surface area contributed by atoms with Crippen LogP contribution in [0.15, 0.2) is 12.1 Å². The first-order valence-corrected chi connectivity index (χ1v) is 7.53. The van der Waals surface area contributed by atoms with Crippen LogP contribution < -0.4 is 0 Å². The Labute approximate surface area is 117 Å². The van der Waals surface area contributed by atoms with E-state index in [1.165, 1.54) is 16.9 Å². The molecular formula is C15H18N2OS. The molecule has 2 aromatic heterocycles. The highest BCUT2D eigenvalue weighted by atomic mass is 32.1. The van der Waals surface area contributed by atoms with Gasteiger partial charge in [0, 0.05) is 24.2 Å². The van der Waals surface area contributed by atoms with Crippen molar-refractivity contribution in [2.75, 3.05) is 13.1 Å². The van der Waals surface area contributed by atoms with Gasteiger partial charge >= 0.3 is 0 Å². The van der Waals surface area contributed by atoms with Crippen molar-refractivity contribution in [1.29, 1.82) is 0 Å². The number of fused-ring (bicyclic) bond motifs is 1. The summed E-state index contributed by atoms with van der Waals surface area (Å²) in [6.07, 6.45) is 1.12. The van der Waals surface area contributed by atoms with Crippen molar-refractivity contribution in [2.24, 2.45) is 5.92 Å². The van der Waals surface area contributed by atoms with Crippen LogP contribution in [0.2, 0.25) is 0 Å². The Morgan fingerprint density at radius 2 is 2.21 bits per heavy atom. The molecule has 4 heteroatoms. The summed E-state index contributed by atoms with van der Waals surface area (Å²) in [4.78, 5) is 20.8. The summed E-state index contributed by atoms with van der Waals surface area (Å²) in [6, 6.07) is 4.08. The van der Waals surface area contributed by atoms with Gasteiger partial charge in [0.1, 0.15) is 4.83 Å². The maximum Gasteiger partial charge on any atom is 0.264 e. The maximum atomic E-state index is 12.5. The molecule has 0 radical (unpaired) electrons. The lowest BCUT2D eigenvalue weighted by Crippen LogP contribution is -2.27. The van der Waals surface area contributed by atoms with E-state index in [0.29, 0.717) is 5.92 Å². The second-order valence-electron chi connectivity index (χ2n) is 5.56. The number of aromatic nitrogens is 1. The fourth-order valence-corrected chi connectivity index (χ4v) is 3.83. The monoisotopic (exact) mass is 274 g/mol. The summed E-state index contributed by atoms with van der Waals surface area (Å²) in [6.45, 7) is 8.05. The van der Waals surface area contributed by atoms with Crippen LogP contribution >= 0.6 is 11.3 Å². The van der Waals surface area contributed by atoms with Crippen molar-refractivity contribution in [2.45, 2.75) is 27.2 Å². The minimum atomic E-state index is 0.171. The van der Waals surface area contributed by atoms with Crippen molar-refractivity contribution < 1.29 is 4.79 Å². The smallest absolute Gasteiger partial charge is 0.264 e. The molecular weight excluding hydrogens is 256 g/mol. The number of carbonyl (C=O) groups is 1. The van der Waals surface area contributed by atoms with E-state index in [4.69, 9.17) is 0 Å². The number of amides is 1. The SMILES string of the molecule is Cc1cc(C)c2cc(C(=O)N3CCC(C)C3)sc2n1. The molecule has 0 aromatic carbocycles. The highest BCUT2D eigenvalue weighted by Crippen LogP contribution is 2.29. The predicted molar refractivity (Wildman–Crippen MR) is 78.8 cm³/mol. The van der Waals surface area contributed by atoms with E-state index < -0.39 is 0 Å². The Morgan fingerprint density at radius 3 is 2.89 bits per heavy atom. The Kier molecular flexibility index (Phi) is 3.05. The Bertz CT molecular complexity index is 647. The van der Waals surface area contributed by atoms with E-state index in [-0.39, 0.29) is 5.91 Å². The van der Waals surface area contributed by atoms with Gasteiger partial charge in [-0.05, 0) is 43.9 Å². The molecule has 0 aliphatic carbocycles. The number of likely N-dealkylation sites (tertiary alicyclic amines) is 1. The van der Waals surface area contributed by atoms with E-state index in [2.05, 4.69) is 24.9 Å². The molecule has 100 valence electrons. The van der Waals surface area contributed by atoms with E-state index in [1.54, 1.807) is 0 Å². The van der Waals surface area contributed by atoms with Crippen molar-refractivity contribution >= 4 is 27.5 Å². The molecule has 1 aliphatic heterocycles. The topological polar surface area (TPSA) is 33.2 Å². The maximum absolute atomic E-state index is 12.5. The first-order valence-electron chi connectivity index (χ1n) is 6.71. The van der Waals surface area contributed by atoms with Crippen molar-refractivity contribution in [3.63, 3.8) is 0 Å². The molecule has 2 aromatic rings. The third-order valence-corrected chi connectivity index (χ3v) is 4.78. The second kappa shape index (κ2) is 4.60. The third-order valence-electron chi connectivity index (χ3n) is 3.76. The highest BCUT2D eigenvalue weighted by Gasteiger charge is 2.25. The second-order valence-corrected chi connectivity index (χ2v) is 6.59. The van der Waals surface area contributed by atoms with E-state index in [1.807, 2.05) is 17.9 Å². The average molecular weight is 274 g/mol. The van der Waals surface area contributed by atoms with Crippen LogP contribution in [0.5, 0.6) is 0 Å². The summed E-state index contributed by atoms with van der Waals surface area (Å²) in [7, 11) is 0. The quantitative estimate of drug-likeness (QED) is 0.798. The fourth-order valence-electron chi connectivity index (χ4n) is 2.71. The lowest BCUT2D eigenvalue weighted by atomic mass is 10.2. The fraction of sp³-hybridized carbons (Fsp3) is 0.467. The molecule has 3 nitrogen and oxygen atoms in total. The van der Waals surface area contributed by atoms with Gasteiger partial charge in [-0.25, -0.2) is 4.98 Å². The van der Waals surface area contributed by atoms with E-state index in [0.717, 1.165) is 40.3 Å². The lowest BCUT2D eigenvalue weighted by Gasteiger charge is -2.14. The number of hydrogen-bond donors (Lipinski definition) is 0. The number of aryl methyl sites for hydroxylation is 2. The van der Waals surface area contributed by atoms with Gasteiger partial charge in [0.2, 0.25) is 0 Å². The van der Waals surface area contributed by atoms with Crippen molar-refractivity contribution in [3.05, 3.63) is 28.3 Å². The molecule has 1 fully saturated rings. The van der Waals surface area contributed by atoms with Gasteiger partial charge in [0.05, 0.1) is 4.88 Å². The Balaban J connectivity index is 1.97. The predicted octanol–water partition coefficient (Wildman–Crippen LogP) is 3.40. The summed E-state index contributed by atoms with van der Waals surface area (Å²) in [5, 5.41) is 1.12. The first-order chi connectivity index (χ1) is 9.04. The number of carbonyl (C=O) groups excluding carboxylic acids is 1. The van der Waals surface area contributed by atoms with Crippen molar-refractivity contribution in [1.82, 2.24) is 9.88 Å². The Hall–Kier alpha value is -1.42. The minimum Gasteiger partial charge on any atom is -0.338 e. The van der Waals surface area contributed by atoms with Crippen LogP contribution in [0.25, 0.3) is 10.2 Å². The van der Waals surface area contributed by atoms with Crippen LogP contribution in [0, 0.1) is 19.8 Å². The molecule has 0 N–H and O–H groups in total. The van der Waals surface area contributed by atoms with Gasteiger partial charge in [-0.3, -0.25) is 4.79 Å². The van der Waals surface area contributed by atoms with Gasteiger partial charge in [-0.2, -0.15) is 0 Å². The Morgan fingerprint density at radius 1 is 1.42 bits per heavy atom. The molecule has 1 atom stereocenters. The van der Waals surface area contributed by atoms with Gasteiger partial charge in [-0.1, -0.05) is 6.92 Å². The molecule has 0 saturated carbocycles. The number of nitrogens with zero attached hydrogens (tertiary/aromatic N) is 2. The number of rotatable bonds is 1. The normalized spacial score (nSPS) is 19.3. The largest absolute Gasteiger partial charge is 0.338 e. The molecule has 3 rings (SSSR count). The van der Waals surface area contributed by atoms with Gasteiger partial charge in [-0.15, -0.1) is 11.3 Å². The molecule has 19 heavy (non-hydrogen) atoms. The van der Waals surface area contributed by atoms with Crippen molar-refractivity contribution in [3.8, 4) is 0 Å². The molecule has 3 heterocycles. The number of hydrogen-bond acceptors (Lipinski definition) is 3. The summed E-state index contributed by atoms with van der Waals surface area (Å²) < 4.78 is 0. The summed E-state index contributed by atoms with van der Waals surface area (Å²) >= 11 is 1.52. The van der Waals surface area contributed by atoms with Crippen LogP contribution in [0.4, 0.5) is 0 Å². The zero-order valence-corrected chi connectivity index (χ0v) is 12.4. The average Bonchev–Trinajstić information content (AvgIpc) is 2.94. The number of thiophene rings is 1. The number of pyridine rings is 1. The van der Waals surface area contributed by atoms with Gasteiger partial charge in [0.25, 0.3) is 5.91 Å². The molecule has 1 saturated heterocycles. The lowest BCUT2D eigenvalue weighted by molar-refractivity contribution is 0.0793. The third kappa shape index (κ3) is 2.25. The standard InChI is InChI=1S/C15H18N2OS/c1-9-4-5-17(8-9)15(18)13-7-12-10(2)6-11(3)16-14(12)19-13/h6-7,9H,4-5,8H2,1-3H3. The minimum absolute atomic E-state index is 0.171. The van der Waals surface area contributed by atoms with Gasteiger partial charge < -0.3 is 4.90 Å². The molecule has 1 unspecified atom stereocenters. The molecule has 0 spiro atoms. The molecule has 1 amide bonds. The highest BCUT2D eigenvalue weighted by molar-refractivity contribution is 7.20.